The molecule has 1 aliphatic heterocycles. The molecule has 2 aromatic carbocycles. The van der Waals surface area contributed by atoms with Gasteiger partial charge in [-0.15, -0.1) is 0 Å². The van der Waals surface area contributed by atoms with Crippen LogP contribution in [-0.2, 0) is 24.3 Å². The summed E-state index contributed by atoms with van der Waals surface area (Å²) in [7, 11) is 1.76. The summed E-state index contributed by atoms with van der Waals surface area (Å²) >= 11 is 0. The lowest BCUT2D eigenvalue weighted by atomic mass is 9.86. The van der Waals surface area contributed by atoms with Crippen molar-refractivity contribution in [1.29, 1.82) is 0 Å². The second kappa shape index (κ2) is 9.76. The summed E-state index contributed by atoms with van der Waals surface area (Å²) in [6.45, 7) is 5.72. The molecule has 0 unspecified atom stereocenters. The fourth-order valence-electron chi connectivity index (χ4n) is 4.93. The SMILES string of the molecule is COc1c(OCC2CCC2)ccc2c1CCN(Cc1ccc([C@H](C)NC(=O)C3CC3)cc1)C2. The lowest BCUT2D eigenvalue weighted by Crippen LogP contribution is -2.30. The highest BCUT2D eigenvalue weighted by Crippen LogP contribution is 2.38. The molecule has 1 heterocycles. The number of carbonyl (C=O) groups excluding carboxylic acids is 1. The van der Waals surface area contributed by atoms with E-state index in [1.54, 1.807) is 7.11 Å². The van der Waals surface area contributed by atoms with Gasteiger partial charge < -0.3 is 14.8 Å². The maximum atomic E-state index is 12.0. The molecule has 1 atom stereocenters. The van der Waals surface area contributed by atoms with Crippen LogP contribution in [0.25, 0.3) is 0 Å². The van der Waals surface area contributed by atoms with Crippen molar-refractivity contribution in [3.05, 3.63) is 58.7 Å². The number of nitrogens with one attached hydrogen (secondary N) is 1. The molecule has 33 heavy (non-hydrogen) atoms. The third kappa shape index (κ3) is 5.19. The maximum absolute atomic E-state index is 12.0. The van der Waals surface area contributed by atoms with Crippen LogP contribution in [0.1, 0.15) is 67.3 Å². The Morgan fingerprint density at radius 2 is 1.91 bits per heavy atom. The zero-order valence-corrected chi connectivity index (χ0v) is 19.9. The Hall–Kier alpha value is -2.53. The Morgan fingerprint density at radius 3 is 2.58 bits per heavy atom. The Morgan fingerprint density at radius 1 is 1.12 bits per heavy atom. The van der Waals surface area contributed by atoms with Crippen LogP contribution >= 0.6 is 0 Å². The van der Waals surface area contributed by atoms with Crippen molar-refractivity contribution in [3.8, 4) is 11.5 Å². The molecule has 2 aromatic rings. The lowest BCUT2D eigenvalue weighted by molar-refractivity contribution is -0.122. The van der Waals surface area contributed by atoms with Gasteiger partial charge in [0.05, 0.1) is 19.8 Å². The molecule has 0 saturated heterocycles. The molecule has 0 radical (unpaired) electrons. The number of hydrogen-bond acceptors (Lipinski definition) is 4. The van der Waals surface area contributed by atoms with Gasteiger partial charge in [0.1, 0.15) is 0 Å². The molecule has 5 nitrogen and oxygen atoms in total. The molecule has 1 amide bonds. The summed E-state index contributed by atoms with van der Waals surface area (Å²) in [5, 5.41) is 3.14. The number of carbonyl (C=O) groups is 1. The first-order valence-electron chi connectivity index (χ1n) is 12.5. The second-order valence-corrected chi connectivity index (χ2v) is 10.0. The molecule has 2 aliphatic carbocycles. The number of ether oxygens (including phenoxy) is 2. The fourth-order valence-corrected chi connectivity index (χ4v) is 4.93. The fraction of sp³-hybridized carbons (Fsp3) is 0.536. The van der Waals surface area contributed by atoms with Crippen molar-refractivity contribution < 1.29 is 14.3 Å². The average molecular weight is 449 g/mol. The van der Waals surface area contributed by atoms with Crippen molar-refractivity contribution in [3.63, 3.8) is 0 Å². The number of fused-ring (bicyclic) bond motifs is 1. The van der Waals surface area contributed by atoms with Gasteiger partial charge in [0, 0.05) is 31.1 Å². The summed E-state index contributed by atoms with van der Waals surface area (Å²) < 4.78 is 11.9. The first-order valence-corrected chi connectivity index (χ1v) is 12.5. The topological polar surface area (TPSA) is 50.8 Å². The van der Waals surface area contributed by atoms with E-state index in [2.05, 4.69) is 53.5 Å². The Kier molecular flexibility index (Phi) is 6.59. The number of hydrogen-bond donors (Lipinski definition) is 1. The highest BCUT2D eigenvalue weighted by atomic mass is 16.5. The third-order valence-corrected chi connectivity index (χ3v) is 7.49. The minimum Gasteiger partial charge on any atom is -0.493 e. The van der Waals surface area contributed by atoms with E-state index in [9.17, 15) is 4.79 Å². The first kappa shape index (κ1) is 22.3. The van der Waals surface area contributed by atoms with Gasteiger partial charge in [0.2, 0.25) is 5.91 Å². The summed E-state index contributed by atoms with van der Waals surface area (Å²) in [6, 6.07) is 13.1. The number of benzene rings is 2. The molecule has 5 heteroatoms. The molecule has 0 bridgehead atoms. The molecule has 0 spiro atoms. The predicted octanol–water partition coefficient (Wildman–Crippen LogP) is 5.02. The van der Waals surface area contributed by atoms with Gasteiger partial charge in [-0.3, -0.25) is 9.69 Å². The zero-order chi connectivity index (χ0) is 22.8. The van der Waals surface area contributed by atoms with E-state index < -0.39 is 0 Å². The summed E-state index contributed by atoms with van der Waals surface area (Å²) in [5.41, 5.74) is 5.10. The minimum atomic E-state index is 0.0576. The van der Waals surface area contributed by atoms with E-state index in [1.165, 1.54) is 36.0 Å². The Labute approximate surface area is 197 Å². The van der Waals surface area contributed by atoms with E-state index in [-0.39, 0.29) is 17.9 Å². The van der Waals surface area contributed by atoms with Gasteiger partial charge in [-0.05, 0) is 67.7 Å². The molecule has 5 rings (SSSR count). The zero-order valence-electron chi connectivity index (χ0n) is 19.9. The summed E-state index contributed by atoms with van der Waals surface area (Å²) in [4.78, 5) is 14.5. The smallest absolute Gasteiger partial charge is 0.223 e. The standard InChI is InChI=1S/C28H36N2O3/c1-19(29-28(31)23-10-11-23)22-8-6-20(7-9-22)16-30-15-14-25-24(17-30)12-13-26(27(25)32-2)33-18-21-4-3-5-21/h6-9,12-13,19,21,23H,3-5,10-11,14-18H2,1-2H3,(H,29,31)/t19-/m0/s1. The maximum Gasteiger partial charge on any atom is 0.223 e. The van der Waals surface area contributed by atoms with Crippen molar-refractivity contribution in [2.24, 2.45) is 11.8 Å². The van der Waals surface area contributed by atoms with E-state index in [0.717, 1.165) is 62.6 Å². The van der Waals surface area contributed by atoms with Crippen LogP contribution in [0.4, 0.5) is 0 Å². The highest BCUT2D eigenvalue weighted by molar-refractivity contribution is 5.81. The monoisotopic (exact) mass is 448 g/mol. The summed E-state index contributed by atoms with van der Waals surface area (Å²) in [6.07, 6.45) is 6.97. The van der Waals surface area contributed by atoms with Gasteiger partial charge in [-0.25, -0.2) is 0 Å². The number of methoxy groups -OCH3 is 1. The third-order valence-electron chi connectivity index (χ3n) is 7.49. The first-order chi connectivity index (χ1) is 16.1. The molecular weight excluding hydrogens is 412 g/mol. The van der Waals surface area contributed by atoms with Crippen molar-refractivity contribution >= 4 is 5.91 Å². The quantitative estimate of drug-likeness (QED) is 0.585. The van der Waals surface area contributed by atoms with Gasteiger partial charge in [-0.1, -0.05) is 36.8 Å². The van der Waals surface area contributed by atoms with Crippen LogP contribution in [0.5, 0.6) is 11.5 Å². The van der Waals surface area contributed by atoms with Crippen LogP contribution in [-0.4, -0.2) is 31.1 Å². The molecular formula is C28H36N2O3. The Bertz CT molecular complexity index is 979. The Balaban J connectivity index is 1.19. The van der Waals surface area contributed by atoms with Crippen LogP contribution in [0, 0.1) is 11.8 Å². The highest BCUT2D eigenvalue weighted by Gasteiger charge is 2.30. The molecule has 3 aliphatic rings. The molecule has 2 saturated carbocycles. The summed E-state index contributed by atoms with van der Waals surface area (Å²) in [5.74, 6) is 2.99. The van der Waals surface area contributed by atoms with E-state index >= 15 is 0 Å². The van der Waals surface area contributed by atoms with E-state index in [1.807, 2.05) is 0 Å². The number of rotatable bonds is 9. The van der Waals surface area contributed by atoms with Crippen LogP contribution in [0.2, 0.25) is 0 Å². The van der Waals surface area contributed by atoms with E-state index in [0.29, 0.717) is 5.92 Å². The van der Waals surface area contributed by atoms with Crippen LogP contribution in [0.3, 0.4) is 0 Å². The van der Waals surface area contributed by atoms with Crippen molar-refractivity contribution in [2.45, 2.75) is 64.6 Å². The molecule has 0 aromatic heterocycles. The molecule has 2 fully saturated rings. The number of nitrogens with zero attached hydrogens (tertiary/aromatic N) is 1. The molecule has 1 N–H and O–H groups in total. The average Bonchev–Trinajstić information content (AvgIpc) is 3.64. The largest absolute Gasteiger partial charge is 0.493 e. The van der Waals surface area contributed by atoms with Crippen molar-refractivity contribution in [1.82, 2.24) is 10.2 Å². The van der Waals surface area contributed by atoms with Gasteiger partial charge in [0.25, 0.3) is 0 Å². The van der Waals surface area contributed by atoms with Gasteiger partial charge in [-0.2, -0.15) is 0 Å². The van der Waals surface area contributed by atoms with Gasteiger partial charge in [0.15, 0.2) is 11.5 Å². The van der Waals surface area contributed by atoms with Crippen LogP contribution < -0.4 is 14.8 Å². The van der Waals surface area contributed by atoms with E-state index in [4.69, 9.17) is 9.47 Å². The normalized spacial score (nSPS) is 19.3. The minimum absolute atomic E-state index is 0.0576. The predicted molar refractivity (Wildman–Crippen MR) is 129 cm³/mol. The van der Waals surface area contributed by atoms with Crippen molar-refractivity contribution in [2.75, 3.05) is 20.3 Å². The number of amides is 1. The lowest BCUT2D eigenvalue weighted by Gasteiger charge is -2.31. The van der Waals surface area contributed by atoms with Gasteiger partial charge >= 0.3 is 0 Å². The molecule has 176 valence electrons. The van der Waals surface area contributed by atoms with Crippen LogP contribution in [0.15, 0.2) is 36.4 Å². The second-order valence-electron chi connectivity index (χ2n) is 10.0.